The van der Waals surface area contributed by atoms with Crippen molar-refractivity contribution in [3.8, 4) is 23.7 Å². The van der Waals surface area contributed by atoms with Crippen molar-refractivity contribution in [2.24, 2.45) is 0 Å². The topological polar surface area (TPSA) is 66.4 Å². The Hall–Kier alpha value is -4.98. The van der Waals surface area contributed by atoms with E-state index in [0.717, 1.165) is 11.1 Å². The van der Waals surface area contributed by atoms with E-state index in [2.05, 4.69) is 33.6 Å². The van der Waals surface area contributed by atoms with Crippen LogP contribution in [0.1, 0.15) is 98.6 Å². The highest BCUT2D eigenvalue weighted by Gasteiger charge is 2.27. The summed E-state index contributed by atoms with van der Waals surface area (Å²) < 4.78 is 13.1. The molecule has 0 unspecified atom stereocenters. The lowest BCUT2D eigenvalue weighted by atomic mass is 10.1. The summed E-state index contributed by atoms with van der Waals surface area (Å²) in [4.78, 5) is 37.2. The SMILES string of the molecule is CCN(C(=O)c1ccc(C#Cc2cccc(Cl)c2)cn1)C(C)(C)C.CCN(C(=O)c1ccc(C#Cc2cccc(F)c2)cn1)C(C)(C)C. The molecule has 0 aliphatic rings. The van der Waals surface area contributed by atoms with Gasteiger partial charge in [0.25, 0.3) is 11.8 Å². The van der Waals surface area contributed by atoms with Crippen molar-refractivity contribution in [2.45, 2.75) is 66.5 Å². The van der Waals surface area contributed by atoms with E-state index in [1.165, 1.54) is 12.1 Å². The van der Waals surface area contributed by atoms with Crippen LogP contribution in [0.2, 0.25) is 5.02 Å². The number of benzene rings is 2. The zero-order valence-corrected chi connectivity index (χ0v) is 29.6. The molecular formula is C40H42ClFN4O2. The summed E-state index contributed by atoms with van der Waals surface area (Å²) in [6, 6.07) is 20.4. The molecule has 4 aromatic rings. The molecule has 248 valence electrons. The third-order valence-corrected chi connectivity index (χ3v) is 7.29. The van der Waals surface area contributed by atoms with E-state index in [-0.39, 0.29) is 28.7 Å². The van der Waals surface area contributed by atoms with E-state index in [9.17, 15) is 14.0 Å². The fraction of sp³-hybridized carbons (Fsp3) is 0.300. The largest absolute Gasteiger partial charge is 0.333 e. The quantitative estimate of drug-likeness (QED) is 0.206. The van der Waals surface area contributed by atoms with Crippen molar-refractivity contribution >= 4 is 23.4 Å². The Labute approximate surface area is 289 Å². The summed E-state index contributed by atoms with van der Waals surface area (Å²) in [6.45, 7) is 17.2. The van der Waals surface area contributed by atoms with Crippen LogP contribution in [-0.4, -0.2) is 55.7 Å². The van der Waals surface area contributed by atoms with Gasteiger partial charge in [0, 0.05) is 63.8 Å². The molecule has 0 bridgehead atoms. The first kappa shape index (κ1) is 37.5. The van der Waals surface area contributed by atoms with Crippen LogP contribution in [-0.2, 0) is 0 Å². The molecule has 0 saturated heterocycles. The molecule has 8 heteroatoms. The highest BCUT2D eigenvalue weighted by atomic mass is 35.5. The lowest BCUT2D eigenvalue weighted by Crippen LogP contribution is -2.45. The molecule has 0 radical (unpaired) electrons. The van der Waals surface area contributed by atoms with Gasteiger partial charge < -0.3 is 9.80 Å². The first-order valence-electron chi connectivity index (χ1n) is 15.7. The third-order valence-electron chi connectivity index (χ3n) is 7.06. The zero-order valence-electron chi connectivity index (χ0n) is 28.9. The molecule has 0 aliphatic heterocycles. The second-order valence-electron chi connectivity index (χ2n) is 12.8. The van der Waals surface area contributed by atoms with Gasteiger partial charge in [-0.2, -0.15) is 0 Å². The maximum absolute atomic E-state index is 13.1. The van der Waals surface area contributed by atoms with Crippen molar-refractivity contribution in [1.82, 2.24) is 19.8 Å². The minimum atomic E-state index is -0.317. The van der Waals surface area contributed by atoms with Gasteiger partial charge in [0.1, 0.15) is 17.2 Å². The fourth-order valence-corrected chi connectivity index (χ4v) is 4.92. The average molecular weight is 665 g/mol. The molecule has 48 heavy (non-hydrogen) atoms. The maximum Gasteiger partial charge on any atom is 0.272 e. The number of carbonyl (C=O) groups excluding carboxylic acids is 2. The number of aromatic nitrogens is 2. The summed E-state index contributed by atoms with van der Waals surface area (Å²) in [5.74, 6) is 11.4. The molecule has 0 atom stereocenters. The van der Waals surface area contributed by atoms with Crippen LogP contribution >= 0.6 is 11.6 Å². The number of hydrogen-bond acceptors (Lipinski definition) is 4. The Bertz CT molecular complexity index is 1700. The van der Waals surface area contributed by atoms with Crippen LogP contribution < -0.4 is 0 Å². The number of amides is 2. The molecule has 4 rings (SSSR count). The Morgan fingerprint density at radius 1 is 0.646 bits per heavy atom. The van der Waals surface area contributed by atoms with Crippen LogP contribution in [0.25, 0.3) is 0 Å². The van der Waals surface area contributed by atoms with E-state index < -0.39 is 0 Å². The predicted molar refractivity (Wildman–Crippen MR) is 191 cm³/mol. The van der Waals surface area contributed by atoms with Gasteiger partial charge in [-0.3, -0.25) is 9.59 Å². The molecule has 0 spiro atoms. The lowest BCUT2D eigenvalue weighted by molar-refractivity contribution is 0.0583. The molecule has 2 aromatic heterocycles. The van der Waals surface area contributed by atoms with Crippen molar-refractivity contribution in [1.29, 1.82) is 0 Å². The Balaban J connectivity index is 0.000000260. The Morgan fingerprint density at radius 2 is 1.06 bits per heavy atom. The predicted octanol–water partition coefficient (Wildman–Crippen LogP) is 8.28. The Kier molecular flexibility index (Phi) is 13.1. The van der Waals surface area contributed by atoms with Crippen molar-refractivity contribution in [3.05, 3.63) is 130 Å². The standard InChI is InChI=1S/C20H21ClN2O.C20H21FN2O/c2*1-5-23(20(2,3)4)19(24)18-12-11-16(14-22-18)10-9-15-7-6-8-17(21)13-15/h2*6-8,11-14H,5H2,1-4H3. The molecular weight excluding hydrogens is 623 g/mol. The number of halogens is 2. The van der Waals surface area contributed by atoms with Gasteiger partial charge in [0.05, 0.1) is 0 Å². The minimum absolute atomic E-state index is 0.0700. The van der Waals surface area contributed by atoms with Crippen molar-refractivity contribution in [3.63, 3.8) is 0 Å². The van der Waals surface area contributed by atoms with E-state index in [1.54, 1.807) is 52.5 Å². The van der Waals surface area contributed by atoms with Crippen LogP contribution in [0.15, 0.2) is 85.2 Å². The van der Waals surface area contributed by atoms with Gasteiger partial charge in [0.2, 0.25) is 0 Å². The summed E-state index contributed by atoms with van der Waals surface area (Å²) in [6.07, 6.45) is 3.19. The second-order valence-corrected chi connectivity index (χ2v) is 13.3. The average Bonchev–Trinajstić information content (AvgIpc) is 3.03. The molecule has 2 amide bonds. The summed E-state index contributed by atoms with van der Waals surface area (Å²) in [5.41, 5.74) is 3.19. The summed E-state index contributed by atoms with van der Waals surface area (Å²) >= 11 is 5.94. The first-order valence-corrected chi connectivity index (χ1v) is 16.1. The summed E-state index contributed by atoms with van der Waals surface area (Å²) in [7, 11) is 0. The molecule has 0 N–H and O–H groups in total. The second kappa shape index (κ2) is 16.7. The van der Waals surface area contributed by atoms with Gasteiger partial charge in [-0.25, -0.2) is 14.4 Å². The van der Waals surface area contributed by atoms with Crippen molar-refractivity contribution in [2.75, 3.05) is 13.1 Å². The number of nitrogens with zero attached hydrogens (tertiary/aromatic N) is 4. The van der Waals surface area contributed by atoms with Gasteiger partial charge in [-0.05, 0) is 116 Å². The van der Waals surface area contributed by atoms with Crippen LogP contribution in [0, 0.1) is 29.5 Å². The Morgan fingerprint density at radius 3 is 1.42 bits per heavy atom. The molecule has 0 fully saturated rings. The van der Waals surface area contributed by atoms with E-state index in [0.29, 0.717) is 40.6 Å². The van der Waals surface area contributed by atoms with E-state index >= 15 is 0 Å². The number of hydrogen-bond donors (Lipinski definition) is 0. The molecule has 2 heterocycles. The number of pyridine rings is 2. The molecule has 2 aromatic carbocycles. The van der Waals surface area contributed by atoms with Gasteiger partial charge >= 0.3 is 0 Å². The maximum atomic E-state index is 13.1. The zero-order chi connectivity index (χ0) is 35.5. The first-order chi connectivity index (χ1) is 22.6. The molecule has 0 saturated carbocycles. The molecule has 6 nitrogen and oxygen atoms in total. The highest BCUT2D eigenvalue weighted by molar-refractivity contribution is 6.30. The van der Waals surface area contributed by atoms with Gasteiger partial charge in [0.15, 0.2) is 0 Å². The third kappa shape index (κ3) is 11.1. The van der Waals surface area contributed by atoms with Crippen LogP contribution in [0.3, 0.4) is 0 Å². The number of rotatable bonds is 4. The molecule has 0 aliphatic carbocycles. The highest BCUT2D eigenvalue weighted by Crippen LogP contribution is 2.17. The smallest absolute Gasteiger partial charge is 0.272 e. The van der Waals surface area contributed by atoms with Gasteiger partial charge in [-0.1, -0.05) is 47.4 Å². The monoisotopic (exact) mass is 664 g/mol. The van der Waals surface area contributed by atoms with Crippen molar-refractivity contribution < 1.29 is 14.0 Å². The summed E-state index contributed by atoms with van der Waals surface area (Å²) in [5, 5.41) is 0.655. The van der Waals surface area contributed by atoms with E-state index in [4.69, 9.17) is 11.6 Å². The van der Waals surface area contributed by atoms with Gasteiger partial charge in [-0.15, -0.1) is 0 Å². The normalized spacial score (nSPS) is 10.7. The van der Waals surface area contributed by atoms with Crippen LogP contribution in [0.4, 0.5) is 4.39 Å². The minimum Gasteiger partial charge on any atom is -0.333 e. The number of carbonyl (C=O) groups is 2. The lowest BCUT2D eigenvalue weighted by Gasteiger charge is -2.34. The van der Waals surface area contributed by atoms with E-state index in [1.807, 2.05) is 85.7 Å². The van der Waals surface area contributed by atoms with Crippen LogP contribution in [0.5, 0.6) is 0 Å². The fourth-order valence-electron chi connectivity index (χ4n) is 4.73.